The minimum absolute atomic E-state index is 0.235. The van der Waals surface area contributed by atoms with Crippen LogP contribution in [0.2, 0.25) is 0 Å². The molecule has 2 heterocycles. The van der Waals surface area contributed by atoms with E-state index in [4.69, 9.17) is 19.9 Å². The highest BCUT2D eigenvalue weighted by molar-refractivity contribution is 5.87. The molecule has 0 aliphatic carbocycles. The van der Waals surface area contributed by atoms with E-state index in [9.17, 15) is 9.90 Å². The predicted octanol–water partition coefficient (Wildman–Crippen LogP) is 10.9. The highest BCUT2D eigenvalue weighted by Crippen LogP contribution is 2.58. The lowest BCUT2D eigenvalue weighted by Gasteiger charge is -2.45. The van der Waals surface area contributed by atoms with Gasteiger partial charge >= 0.3 is 5.97 Å². The number of hydrogen-bond acceptors (Lipinski definition) is 8. The lowest BCUT2D eigenvalue weighted by Crippen LogP contribution is -2.48. The van der Waals surface area contributed by atoms with Crippen LogP contribution in [-0.4, -0.2) is 21.0 Å². The van der Waals surface area contributed by atoms with Crippen molar-refractivity contribution in [2.24, 2.45) is 20.7 Å². The molecule has 0 saturated carbocycles. The number of hydrogen-bond donors (Lipinski definition) is 1. The summed E-state index contributed by atoms with van der Waals surface area (Å²) in [5.74, 6) is 0.141. The number of benzene rings is 6. The van der Waals surface area contributed by atoms with Crippen molar-refractivity contribution in [2.45, 2.75) is 44.4 Å². The van der Waals surface area contributed by atoms with Crippen molar-refractivity contribution in [1.29, 1.82) is 0 Å². The summed E-state index contributed by atoms with van der Waals surface area (Å²) in [4.78, 5) is 21.0. The van der Waals surface area contributed by atoms with Gasteiger partial charge in [0.1, 0.15) is 12.4 Å². The Morgan fingerprint density at radius 3 is 1.82 bits per heavy atom. The highest BCUT2D eigenvalue weighted by Gasteiger charge is 2.60. The van der Waals surface area contributed by atoms with Gasteiger partial charge in [0.2, 0.25) is 11.5 Å². The van der Waals surface area contributed by atoms with Gasteiger partial charge in [-0.05, 0) is 74.9 Å². The van der Waals surface area contributed by atoms with E-state index in [0.717, 1.165) is 55.8 Å². The molecular weight excluding hydrogens is 709 g/mol. The third kappa shape index (κ3) is 6.89. The first-order valence-electron chi connectivity index (χ1n) is 18.9. The van der Waals surface area contributed by atoms with Crippen molar-refractivity contribution < 1.29 is 14.6 Å². The van der Waals surface area contributed by atoms with Gasteiger partial charge in [0.15, 0.2) is 0 Å². The van der Waals surface area contributed by atoms with Crippen LogP contribution in [0.15, 0.2) is 184 Å². The van der Waals surface area contributed by atoms with Gasteiger partial charge in [-0.2, -0.15) is 4.98 Å². The van der Waals surface area contributed by atoms with Gasteiger partial charge in [-0.3, -0.25) is 0 Å². The molecule has 1 N–H and O–H groups in total. The molecule has 9 nitrogen and oxygen atoms in total. The number of aryl methyl sites for hydroxylation is 2. The standard InChI is InChI=1S/C48H40N6O3/c1-3-44-42(31-35-16-15-17-37(30-35)46(55)56)45(50-33(2)49-44)57-32-34-26-28-36(29-27-34)41-24-13-14-25-43(41)48(51-53-54-52-48)47(38-18-7-4-8-19-38,39-20-9-5-10-21-39)40-22-11-6-12-23-40/h4-30H,3,31-32H2,1-2H3,(H,55,56). The summed E-state index contributed by atoms with van der Waals surface area (Å²) in [7, 11) is 0. The third-order valence-corrected chi connectivity index (χ3v) is 10.6. The lowest BCUT2D eigenvalue weighted by atomic mass is 9.59. The number of carbonyl (C=O) groups is 1. The Balaban J connectivity index is 1.17. The van der Waals surface area contributed by atoms with Gasteiger partial charge in [-0.1, -0.05) is 159 Å². The van der Waals surface area contributed by atoms with Crippen LogP contribution in [0.1, 0.15) is 67.7 Å². The molecule has 8 rings (SSSR count). The Kier molecular flexibility index (Phi) is 10.3. The minimum atomic E-state index is -1.31. The van der Waals surface area contributed by atoms with E-state index >= 15 is 0 Å². The zero-order valence-electron chi connectivity index (χ0n) is 31.7. The highest BCUT2D eigenvalue weighted by atomic mass is 16.5. The molecule has 0 radical (unpaired) electrons. The van der Waals surface area contributed by atoms with E-state index in [1.807, 2.05) is 86.6 Å². The quantitative estimate of drug-likeness (QED) is 0.118. The molecular formula is C48H40N6O3. The average Bonchev–Trinajstić information content (AvgIpc) is 3.76. The summed E-state index contributed by atoms with van der Waals surface area (Å²) in [5, 5.41) is 28.1. The fraction of sp³-hybridized carbons (Fsp3) is 0.146. The summed E-state index contributed by atoms with van der Waals surface area (Å²) in [5.41, 5.74) is 7.28. The number of nitrogens with zero attached hydrogens (tertiary/aromatic N) is 6. The molecule has 0 amide bonds. The maximum absolute atomic E-state index is 11.7. The van der Waals surface area contributed by atoms with E-state index in [1.165, 1.54) is 0 Å². The first-order chi connectivity index (χ1) is 27.9. The summed E-state index contributed by atoms with van der Waals surface area (Å²) in [6.45, 7) is 4.17. The maximum Gasteiger partial charge on any atom is 0.335 e. The topological polar surface area (TPSA) is 122 Å². The zero-order chi connectivity index (χ0) is 39.2. The SMILES string of the molecule is CCc1nc(C)nc(OCc2ccc(-c3ccccc3C3(C(c4ccccc4)(c4ccccc4)c4ccccc4)N=NN=N3)cc2)c1Cc1cccc(C(=O)O)c1. The number of rotatable bonds is 13. The fourth-order valence-electron chi connectivity index (χ4n) is 8.02. The molecule has 0 bridgehead atoms. The molecule has 280 valence electrons. The molecule has 1 aliphatic rings. The van der Waals surface area contributed by atoms with Crippen LogP contribution in [0.5, 0.6) is 5.88 Å². The van der Waals surface area contributed by atoms with Crippen molar-refractivity contribution in [3.8, 4) is 17.0 Å². The van der Waals surface area contributed by atoms with Crippen LogP contribution in [-0.2, 0) is 30.5 Å². The second-order valence-electron chi connectivity index (χ2n) is 14.0. The van der Waals surface area contributed by atoms with Crippen LogP contribution in [0.25, 0.3) is 11.1 Å². The predicted molar refractivity (Wildman–Crippen MR) is 219 cm³/mol. The molecule has 1 aromatic heterocycles. The molecule has 0 fully saturated rings. The van der Waals surface area contributed by atoms with E-state index in [-0.39, 0.29) is 12.2 Å². The van der Waals surface area contributed by atoms with Crippen molar-refractivity contribution in [3.63, 3.8) is 0 Å². The lowest BCUT2D eigenvalue weighted by molar-refractivity contribution is 0.0696. The first kappa shape index (κ1) is 36.8. The van der Waals surface area contributed by atoms with Gasteiger partial charge in [-0.25, -0.2) is 9.78 Å². The van der Waals surface area contributed by atoms with E-state index < -0.39 is 17.0 Å². The third-order valence-electron chi connectivity index (χ3n) is 10.6. The largest absolute Gasteiger partial charge is 0.478 e. The van der Waals surface area contributed by atoms with E-state index in [1.54, 1.807) is 18.2 Å². The smallest absolute Gasteiger partial charge is 0.335 e. The Morgan fingerprint density at radius 2 is 1.25 bits per heavy atom. The molecule has 0 spiro atoms. The minimum Gasteiger partial charge on any atom is -0.478 e. The van der Waals surface area contributed by atoms with Crippen LogP contribution < -0.4 is 4.74 Å². The van der Waals surface area contributed by atoms with Gasteiger partial charge < -0.3 is 9.84 Å². The molecule has 7 aromatic rings. The molecule has 57 heavy (non-hydrogen) atoms. The fourth-order valence-corrected chi connectivity index (χ4v) is 8.02. The second kappa shape index (κ2) is 15.9. The number of aromatic nitrogens is 2. The number of ether oxygens (including phenoxy) is 1. The van der Waals surface area contributed by atoms with Crippen molar-refractivity contribution in [1.82, 2.24) is 9.97 Å². The Hall–Kier alpha value is -7.13. The van der Waals surface area contributed by atoms with Crippen LogP contribution in [0.3, 0.4) is 0 Å². The number of carboxylic acids is 1. The second-order valence-corrected chi connectivity index (χ2v) is 14.0. The molecule has 0 unspecified atom stereocenters. The van der Waals surface area contributed by atoms with Crippen LogP contribution in [0.4, 0.5) is 0 Å². The van der Waals surface area contributed by atoms with Crippen molar-refractivity contribution in [2.75, 3.05) is 0 Å². The van der Waals surface area contributed by atoms with Gasteiger partial charge in [-0.15, -0.1) is 10.2 Å². The van der Waals surface area contributed by atoms with Crippen molar-refractivity contribution >= 4 is 5.97 Å². The van der Waals surface area contributed by atoms with Crippen LogP contribution in [0, 0.1) is 6.92 Å². The summed E-state index contributed by atoms with van der Waals surface area (Å²) >= 11 is 0. The maximum atomic E-state index is 11.7. The normalized spacial score (nSPS) is 13.1. The molecule has 0 atom stereocenters. The molecule has 6 aromatic carbocycles. The Morgan fingerprint density at radius 1 is 0.667 bits per heavy atom. The monoisotopic (exact) mass is 748 g/mol. The number of aromatic carboxylic acids is 1. The van der Waals surface area contributed by atoms with E-state index in [0.29, 0.717) is 24.5 Å². The van der Waals surface area contributed by atoms with Crippen molar-refractivity contribution in [3.05, 3.63) is 220 Å². The molecule has 1 aliphatic heterocycles. The Labute approximate surface area is 331 Å². The van der Waals surface area contributed by atoms with Gasteiger partial charge in [0.05, 0.1) is 16.7 Å². The van der Waals surface area contributed by atoms with Crippen LogP contribution >= 0.6 is 0 Å². The summed E-state index contributed by atoms with van der Waals surface area (Å²) < 4.78 is 6.43. The van der Waals surface area contributed by atoms with Gasteiger partial charge in [0.25, 0.3) is 0 Å². The average molecular weight is 749 g/mol. The summed E-state index contributed by atoms with van der Waals surface area (Å²) in [6, 6.07) is 54.5. The first-order valence-corrected chi connectivity index (χ1v) is 18.9. The molecule has 0 saturated heterocycles. The van der Waals surface area contributed by atoms with E-state index in [2.05, 4.69) is 88.2 Å². The number of carboxylic acid groups (broad SMARTS) is 1. The zero-order valence-corrected chi connectivity index (χ0v) is 31.7. The van der Waals surface area contributed by atoms with Gasteiger partial charge in [0, 0.05) is 17.5 Å². The molecule has 9 heteroatoms. The Bertz CT molecular complexity index is 2470. The summed E-state index contributed by atoms with van der Waals surface area (Å²) in [6.07, 6.45) is 1.13.